The summed E-state index contributed by atoms with van der Waals surface area (Å²) < 4.78 is 30.0. The number of nitrogens with one attached hydrogen (secondary N) is 2. The Morgan fingerprint density at radius 2 is 2.15 bits per heavy atom. The molecule has 1 aromatic rings. The minimum absolute atomic E-state index is 0. The van der Waals surface area contributed by atoms with Crippen molar-refractivity contribution in [3.63, 3.8) is 0 Å². The maximum atomic E-state index is 11.1. The van der Waals surface area contributed by atoms with Crippen LogP contribution in [0.3, 0.4) is 0 Å². The van der Waals surface area contributed by atoms with Crippen LogP contribution in [0.2, 0.25) is 0 Å². The standard InChI is InChI=1S/C11H18N4O3S.HI/c1-13-11(12)14-6-7-18-10-5-3-4-9(8-10)15-19(2,16)17;/h3-5,8,15H,6-7H2,1-2H3,(H3,12,13,14);1H. The second-order valence-corrected chi connectivity index (χ2v) is 5.53. The van der Waals surface area contributed by atoms with Crippen molar-refractivity contribution in [1.29, 1.82) is 0 Å². The zero-order valence-corrected chi connectivity index (χ0v) is 14.4. The van der Waals surface area contributed by atoms with E-state index in [1.54, 1.807) is 31.3 Å². The molecular weight excluding hydrogens is 395 g/mol. The molecule has 0 unspecified atom stereocenters. The number of rotatable bonds is 6. The molecule has 9 heteroatoms. The molecule has 0 aromatic heterocycles. The van der Waals surface area contributed by atoms with Crippen LogP contribution in [-0.4, -0.2) is 40.8 Å². The van der Waals surface area contributed by atoms with Gasteiger partial charge in [0.15, 0.2) is 5.96 Å². The van der Waals surface area contributed by atoms with Crippen LogP contribution in [-0.2, 0) is 10.0 Å². The first-order valence-electron chi connectivity index (χ1n) is 5.57. The Labute approximate surface area is 136 Å². The second-order valence-electron chi connectivity index (χ2n) is 3.79. The molecule has 0 radical (unpaired) electrons. The smallest absolute Gasteiger partial charge is 0.229 e. The molecule has 0 saturated carbocycles. The third-order valence-corrected chi connectivity index (χ3v) is 2.66. The molecule has 1 rings (SSSR count). The van der Waals surface area contributed by atoms with Gasteiger partial charge < -0.3 is 15.8 Å². The van der Waals surface area contributed by atoms with Gasteiger partial charge in [0.2, 0.25) is 10.0 Å². The van der Waals surface area contributed by atoms with Gasteiger partial charge in [-0.3, -0.25) is 9.71 Å². The second kappa shape index (κ2) is 8.84. The van der Waals surface area contributed by atoms with Crippen LogP contribution in [0.5, 0.6) is 5.75 Å². The number of nitrogens with two attached hydrogens (primary N) is 1. The first-order chi connectivity index (χ1) is 8.90. The Morgan fingerprint density at radius 1 is 1.45 bits per heavy atom. The number of aliphatic imine (C=N–C) groups is 1. The molecule has 4 N–H and O–H groups in total. The first-order valence-corrected chi connectivity index (χ1v) is 7.46. The highest BCUT2D eigenvalue weighted by molar-refractivity contribution is 14.0. The summed E-state index contributed by atoms with van der Waals surface area (Å²) in [5.74, 6) is 0.915. The van der Waals surface area contributed by atoms with Crippen molar-refractivity contribution in [3.8, 4) is 5.75 Å². The van der Waals surface area contributed by atoms with Gasteiger partial charge in [0, 0.05) is 13.1 Å². The van der Waals surface area contributed by atoms with E-state index in [4.69, 9.17) is 10.5 Å². The number of benzene rings is 1. The summed E-state index contributed by atoms with van der Waals surface area (Å²) in [6.45, 7) is 0.894. The molecule has 0 bridgehead atoms. The van der Waals surface area contributed by atoms with Gasteiger partial charge in [0.1, 0.15) is 12.4 Å². The number of hydrogen-bond acceptors (Lipinski definition) is 4. The normalized spacial score (nSPS) is 11.4. The maximum absolute atomic E-state index is 11.1. The van der Waals surface area contributed by atoms with Crippen molar-refractivity contribution in [2.24, 2.45) is 10.7 Å². The number of anilines is 1. The maximum Gasteiger partial charge on any atom is 0.229 e. The zero-order chi connectivity index (χ0) is 14.3. The lowest BCUT2D eigenvalue weighted by Gasteiger charge is -2.09. The molecule has 20 heavy (non-hydrogen) atoms. The van der Waals surface area contributed by atoms with Gasteiger partial charge in [-0.2, -0.15) is 0 Å². The molecule has 0 spiro atoms. The predicted molar refractivity (Wildman–Crippen MR) is 91.4 cm³/mol. The van der Waals surface area contributed by atoms with E-state index in [2.05, 4.69) is 15.0 Å². The monoisotopic (exact) mass is 414 g/mol. The Hall–Kier alpha value is -1.23. The van der Waals surface area contributed by atoms with Crippen molar-refractivity contribution in [2.75, 3.05) is 31.2 Å². The van der Waals surface area contributed by atoms with Crippen molar-refractivity contribution in [3.05, 3.63) is 24.3 Å². The zero-order valence-electron chi connectivity index (χ0n) is 11.3. The lowest BCUT2D eigenvalue weighted by Crippen LogP contribution is -2.34. The lowest BCUT2D eigenvalue weighted by molar-refractivity contribution is 0.322. The quantitative estimate of drug-likeness (QED) is 0.274. The highest BCUT2D eigenvalue weighted by Gasteiger charge is 2.02. The number of sulfonamides is 1. The van der Waals surface area contributed by atoms with Crippen LogP contribution in [0.1, 0.15) is 0 Å². The largest absolute Gasteiger partial charge is 0.492 e. The minimum Gasteiger partial charge on any atom is -0.492 e. The van der Waals surface area contributed by atoms with E-state index in [9.17, 15) is 8.42 Å². The molecule has 114 valence electrons. The predicted octanol–water partition coefficient (Wildman–Crippen LogP) is 0.589. The topological polar surface area (TPSA) is 106 Å². The van der Waals surface area contributed by atoms with Gasteiger partial charge in [0.25, 0.3) is 0 Å². The summed E-state index contributed by atoms with van der Waals surface area (Å²) in [6.07, 6.45) is 1.09. The molecule has 0 aliphatic carbocycles. The van der Waals surface area contributed by atoms with Crippen molar-refractivity contribution >= 4 is 45.6 Å². The SMILES string of the molecule is CN=C(N)NCCOc1cccc(NS(C)(=O)=O)c1.I. The average Bonchev–Trinajstić information content (AvgIpc) is 2.32. The van der Waals surface area contributed by atoms with Gasteiger partial charge in [0.05, 0.1) is 18.5 Å². The van der Waals surface area contributed by atoms with E-state index in [1.165, 1.54) is 0 Å². The van der Waals surface area contributed by atoms with E-state index in [1.807, 2.05) is 0 Å². The number of nitrogens with zero attached hydrogens (tertiary/aromatic N) is 1. The molecule has 0 atom stereocenters. The van der Waals surface area contributed by atoms with Crippen LogP contribution in [0.15, 0.2) is 29.3 Å². The van der Waals surface area contributed by atoms with Gasteiger partial charge in [-0.15, -0.1) is 24.0 Å². The van der Waals surface area contributed by atoms with Gasteiger partial charge in [-0.1, -0.05) is 6.07 Å². The summed E-state index contributed by atoms with van der Waals surface area (Å²) >= 11 is 0. The molecule has 0 aliphatic heterocycles. The lowest BCUT2D eigenvalue weighted by atomic mass is 10.3. The highest BCUT2D eigenvalue weighted by atomic mass is 127. The van der Waals surface area contributed by atoms with Crippen LogP contribution < -0.4 is 20.5 Å². The van der Waals surface area contributed by atoms with Gasteiger partial charge >= 0.3 is 0 Å². The molecule has 0 heterocycles. The van der Waals surface area contributed by atoms with Crippen LogP contribution in [0.25, 0.3) is 0 Å². The molecular formula is C11H19IN4O3S. The van der Waals surface area contributed by atoms with Gasteiger partial charge in [-0.25, -0.2) is 8.42 Å². The summed E-state index contributed by atoms with van der Waals surface area (Å²) in [6, 6.07) is 6.70. The van der Waals surface area contributed by atoms with Crippen LogP contribution in [0, 0.1) is 0 Å². The number of guanidine groups is 1. The summed E-state index contributed by atoms with van der Waals surface area (Å²) in [7, 11) is -1.70. The van der Waals surface area contributed by atoms with E-state index in [0.29, 0.717) is 30.5 Å². The van der Waals surface area contributed by atoms with Gasteiger partial charge in [-0.05, 0) is 12.1 Å². The summed E-state index contributed by atoms with van der Waals surface area (Å²) in [4.78, 5) is 3.74. The Morgan fingerprint density at radius 3 is 2.75 bits per heavy atom. The van der Waals surface area contributed by atoms with Crippen molar-refractivity contribution in [1.82, 2.24) is 5.32 Å². The number of halogens is 1. The third-order valence-electron chi connectivity index (χ3n) is 2.06. The van der Waals surface area contributed by atoms with E-state index >= 15 is 0 Å². The molecule has 0 saturated heterocycles. The Bertz CT molecular complexity index is 548. The summed E-state index contributed by atoms with van der Waals surface area (Å²) in [5, 5.41) is 2.85. The Balaban J connectivity index is 0.00000361. The first kappa shape index (κ1) is 18.8. The third kappa shape index (κ3) is 8.04. The average molecular weight is 414 g/mol. The van der Waals surface area contributed by atoms with E-state index in [-0.39, 0.29) is 24.0 Å². The minimum atomic E-state index is -3.28. The van der Waals surface area contributed by atoms with Crippen molar-refractivity contribution < 1.29 is 13.2 Å². The number of hydrogen-bond donors (Lipinski definition) is 3. The fourth-order valence-corrected chi connectivity index (χ4v) is 1.85. The fraction of sp³-hybridized carbons (Fsp3) is 0.364. The van der Waals surface area contributed by atoms with Crippen LogP contribution >= 0.6 is 24.0 Å². The number of ether oxygens (including phenoxy) is 1. The molecule has 1 aromatic carbocycles. The molecule has 7 nitrogen and oxygen atoms in total. The summed E-state index contributed by atoms with van der Waals surface area (Å²) in [5.41, 5.74) is 5.91. The molecule has 0 amide bonds. The van der Waals surface area contributed by atoms with Crippen LogP contribution in [0.4, 0.5) is 5.69 Å². The molecule has 0 fully saturated rings. The Kier molecular flexibility index (Phi) is 8.30. The molecule has 0 aliphatic rings. The highest BCUT2D eigenvalue weighted by Crippen LogP contribution is 2.17. The van der Waals surface area contributed by atoms with E-state index < -0.39 is 10.0 Å². The fourth-order valence-electron chi connectivity index (χ4n) is 1.29. The van der Waals surface area contributed by atoms with Crippen molar-refractivity contribution in [2.45, 2.75) is 0 Å². The van der Waals surface area contributed by atoms with E-state index in [0.717, 1.165) is 6.26 Å².